The van der Waals surface area contributed by atoms with Crippen LogP contribution in [0.4, 0.5) is 4.39 Å². The number of carbonyl (C=O) groups excluding carboxylic acids is 1. The van der Waals surface area contributed by atoms with E-state index in [0.717, 1.165) is 0 Å². The quantitative estimate of drug-likeness (QED) is 0.718. The average Bonchev–Trinajstić information content (AvgIpc) is 2.29. The summed E-state index contributed by atoms with van der Waals surface area (Å²) < 4.78 is 18.9. The highest BCUT2D eigenvalue weighted by molar-refractivity contribution is 6.02. The Morgan fingerprint density at radius 1 is 1.38 bits per heavy atom. The van der Waals surface area contributed by atoms with E-state index in [0.29, 0.717) is 13.0 Å². The summed E-state index contributed by atoms with van der Waals surface area (Å²) in [5.41, 5.74) is -0.836. The van der Waals surface area contributed by atoms with Gasteiger partial charge in [0.1, 0.15) is 11.4 Å². The molecule has 0 saturated carbocycles. The van der Waals surface area contributed by atoms with E-state index in [1.54, 1.807) is 19.1 Å². The Morgan fingerprint density at radius 3 is 2.50 bits per heavy atom. The molecule has 3 heteroatoms. The molecular formula is C13H17FO2. The van der Waals surface area contributed by atoms with Crippen molar-refractivity contribution in [2.24, 2.45) is 0 Å². The van der Waals surface area contributed by atoms with Gasteiger partial charge < -0.3 is 4.74 Å². The van der Waals surface area contributed by atoms with Gasteiger partial charge in [0, 0.05) is 6.61 Å². The van der Waals surface area contributed by atoms with Crippen molar-refractivity contribution in [3.63, 3.8) is 0 Å². The number of carbonyl (C=O) groups is 1. The van der Waals surface area contributed by atoms with Gasteiger partial charge in [-0.25, -0.2) is 4.39 Å². The van der Waals surface area contributed by atoms with Gasteiger partial charge in [0.05, 0.1) is 5.56 Å². The molecule has 0 aliphatic carbocycles. The van der Waals surface area contributed by atoms with Gasteiger partial charge in [-0.3, -0.25) is 4.79 Å². The summed E-state index contributed by atoms with van der Waals surface area (Å²) >= 11 is 0. The van der Waals surface area contributed by atoms with Crippen molar-refractivity contribution < 1.29 is 13.9 Å². The Kier molecular flexibility index (Phi) is 4.19. The van der Waals surface area contributed by atoms with Gasteiger partial charge in [0.15, 0.2) is 5.78 Å². The van der Waals surface area contributed by atoms with Crippen molar-refractivity contribution in [1.29, 1.82) is 0 Å². The summed E-state index contributed by atoms with van der Waals surface area (Å²) in [4.78, 5) is 12.1. The van der Waals surface area contributed by atoms with Crippen LogP contribution in [0.1, 0.15) is 37.6 Å². The van der Waals surface area contributed by atoms with Crippen LogP contribution >= 0.6 is 0 Å². The van der Waals surface area contributed by atoms with Crippen LogP contribution in [0.2, 0.25) is 0 Å². The molecule has 0 saturated heterocycles. The number of ether oxygens (including phenoxy) is 1. The topological polar surface area (TPSA) is 26.3 Å². The SMILES string of the molecule is CCOC(C)(CC)C(=O)c1ccccc1F. The number of hydrogen-bond donors (Lipinski definition) is 0. The lowest BCUT2D eigenvalue weighted by Crippen LogP contribution is -2.38. The zero-order valence-electron chi connectivity index (χ0n) is 9.92. The molecule has 1 aromatic rings. The van der Waals surface area contributed by atoms with E-state index in [9.17, 15) is 9.18 Å². The number of Topliss-reactive ketones (excluding diaryl/α,β-unsaturated/α-hetero) is 1. The molecule has 0 spiro atoms. The van der Waals surface area contributed by atoms with Gasteiger partial charge in [-0.2, -0.15) is 0 Å². The Labute approximate surface area is 95.4 Å². The van der Waals surface area contributed by atoms with Crippen molar-refractivity contribution in [3.8, 4) is 0 Å². The monoisotopic (exact) mass is 224 g/mol. The normalized spacial score (nSPS) is 14.5. The second-order valence-corrected chi connectivity index (χ2v) is 3.83. The predicted molar refractivity (Wildman–Crippen MR) is 61.1 cm³/mol. The molecule has 0 aliphatic rings. The maximum atomic E-state index is 13.5. The van der Waals surface area contributed by atoms with Crippen molar-refractivity contribution in [1.82, 2.24) is 0 Å². The fraction of sp³-hybridized carbons (Fsp3) is 0.462. The van der Waals surface area contributed by atoms with Crippen molar-refractivity contribution in [2.75, 3.05) is 6.61 Å². The maximum Gasteiger partial charge on any atom is 0.197 e. The molecular weight excluding hydrogens is 207 g/mol. The minimum absolute atomic E-state index is 0.0975. The minimum atomic E-state index is -0.934. The number of hydrogen-bond acceptors (Lipinski definition) is 2. The van der Waals surface area contributed by atoms with Gasteiger partial charge in [-0.05, 0) is 32.4 Å². The molecule has 88 valence electrons. The zero-order valence-corrected chi connectivity index (χ0v) is 9.92. The third-order valence-corrected chi connectivity index (χ3v) is 2.74. The van der Waals surface area contributed by atoms with Crippen LogP contribution in [0.3, 0.4) is 0 Å². The predicted octanol–water partition coefficient (Wildman–Crippen LogP) is 3.21. The minimum Gasteiger partial charge on any atom is -0.367 e. The first-order chi connectivity index (χ1) is 7.55. The molecule has 16 heavy (non-hydrogen) atoms. The molecule has 0 bridgehead atoms. The van der Waals surface area contributed by atoms with E-state index in [-0.39, 0.29) is 11.3 Å². The molecule has 1 unspecified atom stereocenters. The molecule has 0 aliphatic heterocycles. The van der Waals surface area contributed by atoms with E-state index in [4.69, 9.17) is 4.74 Å². The highest BCUT2D eigenvalue weighted by Gasteiger charge is 2.33. The van der Waals surface area contributed by atoms with Crippen LogP contribution in [0.15, 0.2) is 24.3 Å². The highest BCUT2D eigenvalue weighted by atomic mass is 19.1. The van der Waals surface area contributed by atoms with Crippen LogP contribution in [-0.2, 0) is 4.74 Å². The second-order valence-electron chi connectivity index (χ2n) is 3.83. The van der Waals surface area contributed by atoms with Crippen LogP contribution < -0.4 is 0 Å². The maximum absolute atomic E-state index is 13.5. The van der Waals surface area contributed by atoms with Gasteiger partial charge in [0.25, 0.3) is 0 Å². The lowest BCUT2D eigenvalue weighted by molar-refractivity contribution is -0.0118. The van der Waals surface area contributed by atoms with Crippen LogP contribution in [-0.4, -0.2) is 18.0 Å². The van der Waals surface area contributed by atoms with Crippen LogP contribution in [0.5, 0.6) is 0 Å². The third kappa shape index (κ3) is 2.47. The fourth-order valence-electron chi connectivity index (χ4n) is 1.58. The molecule has 1 aromatic carbocycles. The first-order valence-corrected chi connectivity index (χ1v) is 5.48. The summed E-state index contributed by atoms with van der Waals surface area (Å²) in [6, 6.07) is 5.99. The smallest absolute Gasteiger partial charge is 0.197 e. The number of rotatable bonds is 5. The summed E-state index contributed by atoms with van der Waals surface area (Å²) in [6.07, 6.45) is 0.522. The van der Waals surface area contributed by atoms with Crippen molar-refractivity contribution >= 4 is 5.78 Å². The summed E-state index contributed by atoms with van der Waals surface area (Å²) in [7, 11) is 0. The van der Waals surface area contributed by atoms with Gasteiger partial charge in [-0.1, -0.05) is 19.1 Å². The molecule has 0 N–H and O–H groups in total. The Bertz CT molecular complexity index is 376. The molecule has 0 amide bonds. The molecule has 0 radical (unpaired) electrons. The second kappa shape index (κ2) is 5.21. The molecule has 1 atom stereocenters. The van der Waals surface area contributed by atoms with E-state index in [2.05, 4.69) is 0 Å². The fourth-order valence-corrected chi connectivity index (χ4v) is 1.58. The van der Waals surface area contributed by atoms with E-state index in [1.807, 2.05) is 13.8 Å². The van der Waals surface area contributed by atoms with Gasteiger partial charge >= 0.3 is 0 Å². The average molecular weight is 224 g/mol. The first kappa shape index (κ1) is 12.8. The summed E-state index contributed by atoms with van der Waals surface area (Å²) in [6.45, 7) is 5.81. The van der Waals surface area contributed by atoms with E-state index >= 15 is 0 Å². The lowest BCUT2D eigenvalue weighted by atomic mass is 9.92. The Hall–Kier alpha value is -1.22. The number of benzene rings is 1. The van der Waals surface area contributed by atoms with Crippen molar-refractivity contribution in [2.45, 2.75) is 32.8 Å². The first-order valence-electron chi connectivity index (χ1n) is 5.48. The van der Waals surface area contributed by atoms with Gasteiger partial charge in [-0.15, -0.1) is 0 Å². The summed E-state index contributed by atoms with van der Waals surface area (Å²) in [5.74, 6) is -0.790. The Balaban J connectivity index is 3.05. The summed E-state index contributed by atoms with van der Waals surface area (Å²) in [5, 5.41) is 0. The van der Waals surface area contributed by atoms with E-state index in [1.165, 1.54) is 12.1 Å². The van der Waals surface area contributed by atoms with Crippen LogP contribution in [0.25, 0.3) is 0 Å². The molecule has 1 rings (SSSR count). The molecule has 0 fully saturated rings. The zero-order chi connectivity index (χ0) is 12.2. The lowest BCUT2D eigenvalue weighted by Gasteiger charge is -2.26. The van der Waals surface area contributed by atoms with Crippen molar-refractivity contribution in [3.05, 3.63) is 35.6 Å². The van der Waals surface area contributed by atoms with Crippen LogP contribution in [0, 0.1) is 5.82 Å². The Morgan fingerprint density at radius 2 is 2.00 bits per heavy atom. The van der Waals surface area contributed by atoms with E-state index < -0.39 is 11.4 Å². The molecule has 2 nitrogen and oxygen atoms in total. The van der Waals surface area contributed by atoms with Gasteiger partial charge in [0.2, 0.25) is 0 Å². The standard InChI is InChI=1S/C13H17FO2/c1-4-13(3,16-5-2)12(15)10-8-6-7-9-11(10)14/h6-9H,4-5H2,1-3H3. The molecule has 0 heterocycles. The number of ketones is 1. The number of halogens is 1. The molecule has 0 aromatic heterocycles. The largest absolute Gasteiger partial charge is 0.367 e. The highest BCUT2D eigenvalue weighted by Crippen LogP contribution is 2.22. The third-order valence-electron chi connectivity index (χ3n) is 2.74.